The number of hydrogen-bond acceptors (Lipinski definition) is 15. The molecule has 0 aliphatic carbocycles. The number of rotatable bonds is 73. The van der Waals surface area contributed by atoms with Crippen LogP contribution in [0.3, 0.4) is 0 Å². The minimum atomic E-state index is -5.00. The van der Waals surface area contributed by atoms with E-state index < -0.39 is 97.5 Å². The zero-order valence-corrected chi connectivity index (χ0v) is 66.4. The van der Waals surface area contributed by atoms with Crippen molar-refractivity contribution in [1.82, 2.24) is 0 Å². The molecule has 0 spiro atoms. The lowest BCUT2D eigenvalue weighted by Gasteiger charge is -2.21. The van der Waals surface area contributed by atoms with Gasteiger partial charge in [0.05, 0.1) is 26.4 Å². The lowest BCUT2D eigenvalue weighted by molar-refractivity contribution is -0.161. The molecule has 104 heavy (non-hydrogen) atoms. The number of hydrogen-bond donors (Lipinski definition) is 3. The monoisotopic (exact) mass is 1490 g/mol. The molecule has 0 saturated heterocycles. The average Bonchev–Trinajstić information content (AvgIpc) is 0.931. The van der Waals surface area contributed by atoms with Gasteiger partial charge in [-0.3, -0.25) is 37.3 Å². The fourth-order valence-corrected chi connectivity index (χ4v) is 11.6. The van der Waals surface area contributed by atoms with E-state index in [1.165, 1.54) is 38.5 Å². The van der Waals surface area contributed by atoms with Gasteiger partial charge < -0.3 is 33.8 Å². The van der Waals surface area contributed by atoms with Crippen LogP contribution in [0, 0.1) is 0 Å². The molecule has 592 valence electrons. The fourth-order valence-electron chi connectivity index (χ4n) is 10.1. The molecule has 0 bridgehead atoms. The van der Waals surface area contributed by atoms with Crippen LogP contribution in [0.1, 0.15) is 297 Å². The van der Waals surface area contributed by atoms with E-state index in [2.05, 4.69) is 174 Å². The molecule has 0 aliphatic rings. The molecule has 19 heteroatoms. The lowest BCUT2D eigenvalue weighted by atomic mass is 10.1. The Morgan fingerprint density at radius 1 is 0.279 bits per heavy atom. The Bertz CT molecular complexity index is 2590. The van der Waals surface area contributed by atoms with E-state index in [1.54, 1.807) is 0 Å². The highest BCUT2D eigenvalue weighted by Gasteiger charge is 2.30. The maximum Gasteiger partial charge on any atom is 0.472 e. The van der Waals surface area contributed by atoms with Crippen molar-refractivity contribution in [2.75, 3.05) is 39.6 Å². The van der Waals surface area contributed by atoms with Gasteiger partial charge in [-0.05, 0) is 141 Å². The minimum Gasteiger partial charge on any atom is -0.462 e. The van der Waals surface area contributed by atoms with Gasteiger partial charge in [0.15, 0.2) is 12.2 Å². The Balaban J connectivity index is 5.43. The SMILES string of the molecule is CC/C=C\C/C=C\C/C=C\C/C=C\C/C=C\CCCCCC(=O)OCC(COP(=O)(O)OCC(O)COP(=O)(O)OCC(COC(=O)CCC/C=C\C/C=C\C/C=C\C/C=C\C/C=C\CC)OC(=O)CCCCCCCCCCCCC)OC(=O)CCCCCCCCC/C=C\C/C=C\C/C=C\CC. The van der Waals surface area contributed by atoms with Crippen molar-refractivity contribution < 1.29 is 80.2 Å². The van der Waals surface area contributed by atoms with Crippen LogP contribution in [0.2, 0.25) is 0 Å². The van der Waals surface area contributed by atoms with Gasteiger partial charge in [-0.1, -0.05) is 288 Å². The summed E-state index contributed by atoms with van der Waals surface area (Å²) in [6.45, 7) is 4.41. The van der Waals surface area contributed by atoms with E-state index in [0.29, 0.717) is 32.1 Å². The van der Waals surface area contributed by atoms with Crippen LogP contribution in [-0.2, 0) is 65.4 Å². The molecular formula is C85H140O17P2. The summed E-state index contributed by atoms with van der Waals surface area (Å²) >= 11 is 0. The average molecular weight is 1500 g/mol. The van der Waals surface area contributed by atoms with Crippen molar-refractivity contribution in [3.8, 4) is 0 Å². The normalized spacial score (nSPS) is 14.7. The van der Waals surface area contributed by atoms with Crippen molar-refractivity contribution in [3.63, 3.8) is 0 Å². The highest BCUT2D eigenvalue weighted by atomic mass is 31.2. The zero-order chi connectivity index (χ0) is 76.0. The number of esters is 4. The van der Waals surface area contributed by atoms with Crippen LogP contribution >= 0.6 is 15.6 Å². The second kappa shape index (κ2) is 75.9. The Labute approximate surface area is 629 Å². The van der Waals surface area contributed by atoms with Gasteiger partial charge in [0.2, 0.25) is 0 Å². The number of carbonyl (C=O) groups is 4. The largest absolute Gasteiger partial charge is 0.472 e. The van der Waals surface area contributed by atoms with E-state index >= 15 is 0 Å². The van der Waals surface area contributed by atoms with Crippen molar-refractivity contribution >= 4 is 39.5 Å². The number of allylic oxidation sites excluding steroid dienone is 26. The van der Waals surface area contributed by atoms with E-state index in [0.717, 1.165) is 173 Å². The van der Waals surface area contributed by atoms with Crippen molar-refractivity contribution in [1.29, 1.82) is 0 Å². The van der Waals surface area contributed by atoms with E-state index in [-0.39, 0.29) is 25.7 Å². The Hall–Kier alpha value is -5.32. The third-order valence-electron chi connectivity index (χ3n) is 16.0. The number of ether oxygens (including phenoxy) is 4. The summed E-state index contributed by atoms with van der Waals surface area (Å²) < 4.78 is 68.5. The first-order valence-corrected chi connectivity index (χ1v) is 42.7. The number of unbranched alkanes of at least 4 members (excludes halogenated alkanes) is 21. The third-order valence-corrected chi connectivity index (χ3v) is 17.9. The molecule has 0 heterocycles. The van der Waals surface area contributed by atoms with E-state index in [4.69, 9.17) is 37.0 Å². The third kappa shape index (κ3) is 74.9. The predicted molar refractivity (Wildman–Crippen MR) is 427 cm³/mol. The molecule has 0 radical (unpaired) electrons. The van der Waals surface area contributed by atoms with Gasteiger partial charge in [0.1, 0.15) is 19.3 Å². The molecule has 5 atom stereocenters. The minimum absolute atomic E-state index is 0.0700. The second-order valence-corrected chi connectivity index (χ2v) is 28.8. The van der Waals surface area contributed by atoms with Gasteiger partial charge in [-0.25, -0.2) is 9.13 Å². The second-order valence-electron chi connectivity index (χ2n) is 25.9. The Kier molecular flexibility index (Phi) is 72.0. The van der Waals surface area contributed by atoms with Crippen LogP contribution in [0.15, 0.2) is 158 Å². The number of aliphatic hydroxyl groups is 1. The van der Waals surface area contributed by atoms with Crippen LogP contribution in [0.5, 0.6) is 0 Å². The van der Waals surface area contributed by atoms with E-state index in [9.17, 15) is 43.2 Å². The molecule has 0 amide bonds. The van der Waals surface area contributed by atoms with Crippen LogP contribution in [0.4, 0.5) is 0 Å². The predicted octanol–water partition coefficient (Wildman–Crippen LogP) is 23.2. The summed E-state index contributed by atoms with van der Waals surface area (Å²) in [6.07, 6.45) is 88.1. The number of phosphoric acid groups is 2. The molecule has 0 rings (SSSR count). The molecule has 0 aromatic rings. The molecule has 5 unspecified atom stereocenters. The number of carbonyl (C=O) groups excluding carboxylic acids is 4. The van der Waals surface area contributed by atoms with Gasteiger partial charge in [0, 0.05) is 25.7 Å². The fraction of sp³-hybridized carbons (Fsp3) is 0.647. The maximum absolute atomic E-state index is 13.1. The lowest BCUT2D eigenvalue weighted by Crippen LogP contribution is -2.30. The standard InChI is InChI=1S/C85H140O17P2/c1-5-9-13-17-21-25-29-32-35-38-39-42-44-47-51-54-58-62-66-70-83(88)96-76-81(102-85(90)72-68-64-60-56-52-48-45-41-37-34-31-27-23-19-15-11-7-3)78-100-104(93,94)98-74-79(86)73-97-103(91,92)99-77-80(101-84(89)71-67-63-59-55-49-28-24-20-16-12-8-4)75-95-82(87)69-65-61-57-53-50-46-43-40-36-33-30-26-22-18-14-10-6-2/h9-11,13-15,21-23,25-27,32-37,39,42-43,46-47,51,53,57,79-81,86H,5-8,12,16-20,24,28-31,38,40-41,44-45,48-50,52,54-56,58-78H2,1-4H3,(H,91,92)(H,93,94)/b13-9-,14-10-,15-11-,25-21-,26-22-,27-23-,35-32-,36-33-,37-34-,42-39-,46-43-,51-47-,57-53-. The first kappa shape index (κ1) is 98.7. The van der Waals surface area contributed by atoms with Crippen molar-refractivity contribution in [3.05, 3.63) is 158 Å². The first-order chi connectivity index (χ1) is 50.7. The summed E-state index contributed by atoms with van der Waals surface area (Å²) in [6, 6.07) is 0. The molecule has 0 aliphatic heterocycles. The summed E-state index contributed by atoms with van der Waals surface area (Å²) in [5.41, 5.74) is 0. The van der Waals surface area contributed by atoms with Crippen LogP contribution in [0.25, 0.3) is 0 Å². The molecule has 0 saturated carbocycles. The topological polar surface area (TPSA) is 237 Å². The Morgan fingerprint density at radius 2 is 0.510 bits per heavy atom. The van der Waals surface area contributed by atoms with Crippen molar-refractivity contribution in [2.45, 2.75) is 316 Å². The molecule has 3 N–H and O–H groups in total. The molecule has 0 aromatic heterocycles. The molecule has 0 fully saturated rings. The van der Waals surface area contributed by atoms with Gasteiger partial charge in [-0.15, -0.1) is 0 Å². The van der Waals surface area contributed by atoms with Gasteiger partial charge in [0.25, 0.3) is 0 Å². The summed E-state index contributed by atoms with van der Waals surface area (Å²) in [7, 11) is -9.99. The molecule has 17 nitrogen and oxygen atoms in total. The summed E-state index contributed by atoms with van der Waals surface area (Å²) in [5.74, 6) is -2.29. The highest BCUT2D eigenvalue weighted by molar-refractivity contribution is 7.47. The highest BCUT2D eigenvalue weighted by Crippen LogP contribution is 2.45. The maximum atomic E-state index is 13.1. The van der Waals surface area contributed by atoms with Crippen molar-refractivity contribution in [2.24, 2.45) is 0 Å². The van der Waals surface area contributed by atoms with E-state index in [1.807, 2.05) is 12.2 Å². The van der Waals surface area contributed by atoms with Gasteiger partial charge >= 0.3 is 39.5 Å². The molecule has 0 aromatic carbocycles. The van der Waals surface area contributed by atoms with Crippen LogP contribution < -0.4 is 0 Å². The zero-order valence-electron chi connectivity index (χ0n) is 64.6. The quantitative estimate of drug-likeness (QED) is 0.0169. The first-order valence-electron chi connectivity index (χ1n) is 39.7. The van der Waals surface area contributed by atoms with Gasteiger partial charge in [-0.2, -0.15) is 0 Å². The van der Waals surface area contributed by atoms with Crippen LogP contribution in [-0.4, -0.2) is 96.7 Å². The number of phosphoric ester groups is 2. The Morgan fingerprint density at radius 3 is 0.817 bits per heavy atom. The number of aliphatic hydroxyl groups excluding tert-OH is 1. The smallest absolute Gasteiger partial charge is 0.462 e. The molecular weight excluding hydrogens is 1350 g/mol. The summed E-state index contributed by atoms with van der Waals surface area (Å²) in [5, 5.41) is 10.6. The summed E-state index contributed by atoms with van der Waals surface area (Å²) in [4.78, 5) is 73.0.